The fraction of sp³-hybridized carbons (Fsp3) is 0.263. The van der Waals surface area contributed by atoms with Crippen LogP contribution in [-0.2, 0) is 10.0 Å². The summed E-state index contributed by atoms with van der Waals surface area (Å²) in [6, 6.07) is 14.4. The minimum atomic E-state index is -4.67. The maximum atomic E-state index is 14.1. The number of rotatable bonds is 3. The van der Waals surface area contributed by atoms with Crippen LogP contribution in [0.2, 0.25) is 19.6 Å². The Hall–Kier alpha value is -1.55. The van der Waals surface area contributed by atoms with Gasteiger partial charge >= 0.3 is 6.18 Å². The molecule has 2 aromatic carbocycles. The van der Waals surface area contributed by atoms with E-state index in [0.29, 0.717) is 5.56 Å². The Bertz CT molecular complexity index is 771. The van der Waals surface area contributed by atoms with Crippen LogP contribution in [0.5, 0.6) is 0 Å². The van der Waals surface area contributed by atoms with Crippen molar-refractivity contribution in [2.75, 3.05) is 0 Å². The molecule has 0 saturated heterocycles. The lowest BCUT2D eigenvalue weighted by molar-refractivity contribution is -0.233. The van der Waals surface area contributed by atoms with Crippen molar-refractivity contribution in [3.63, 3.8) is 0 Å². The van der Waals surface area contributed by atoms with E-state index < -0.39 is 20.1 Å². The molecule has 0 aromatic heterocycles. The SMILES string of the molecule is C[Si](C)(C)OC(C#Cc1ccc(Br)cc1)(c1ccccc1)C(F)(F)F. The van der Waals surface area contributed by atoms with Gasteiger partial charge < -0.3 is 4.43 Å². The highest BCUT2D eigenvalue weighted by molar-refractivity contribution is 9.10. The lowest BCUT2D eigenvalue weighted by Gasteiger charge is -2.37. The van der Waals surface area contributed by atoms with Crippen molar-refractivity contribution in [2.24, 2.45) is 0 Å². The molecule has 6 heteroatoms. The van der Waals surface area contributed by atoms with E-state index in [1.807, 2.05) is 0 Å². The first-order valence-corrected chi connectivity index (χ1v) is 11.8. The predicted octanol–water partition coefficient (Wildman–Crippen LogP) is 6.11. The maximum absolute atomic E-state index is 14.1. The molecule has 0 amide bonds. The summed E-state index contributed by atoms with van der Waals surface area (Å²) in [7, 11) is -2.56. The van der Waals surface area contributed by atoms with Gasteiger partial charge in [0.05, 0.1) is 0 Å². The summed E-state index contributed by atoms with van der Waals surface area (Å²) in [6.45, 7) is 5.16. The van der Waals surface area contributed by atoms with Gasteiger partial charge in [-0.15, -0.1) is 0 Å². The zero-order chi connectivity index (χ0) is 18.7. The molecule has 0 bridgehead atoms. The van der Waals surface area contributed by atoms with Crippen LogP contribution >= 0.6 is 15.9 Å². The van der Waals surface area contributed by atoms with E-state index in [-0.39, 0.29) is 5.56 Å². The predicted molar refractivity (Wildman–Crippen MR) is 99.6 cm³/mol. The Morgan fingerprint density at radius 3 is 1.96 bits per heavy atom. The van der Waals surface area contributed by atoms with Gasteiger partial charge in [-0.1, -0.05) is 52.2 Å². The summed E-state index contributed by atoms with van der Waals surface area (Å²) in [5.74, 6) is 5.05. The standard InChI is InChI=1S/C19H18BrF3OSi/c1-25(2,3)24-18(19(21,22)23,16-7-5-4-6-8-16)14-13-15-9-11-17(20)12-10-15/h4-12H,1-3H3. The molecule has 0 aliphatic rings. The summed E-state index contributed by atoms with van der Waals surface area (Å²) in [5, 5.41) is 0. The van der Waals surface area contributed by atoms with Crippen LogP contribution < -0.4 is 0 Å². The maximum Gasteiger partial charge on any atom is 0.432 e. The molecule has 1 unspecified atom stereocenters. The lowest BCUT2D eigenvalue weighted by atomic mass is 9.93. The van der Waals surface area contributed by atoms with Gasteiger partial charge in [0.1, 0.15) is 0 Å². The second kappa shape index (κ2) is 7.36. The molecule has 2 rings (SSSR count). The zero-order valence-electron chi connectivity index (χ0n) is 14.1. The molecule has 0 saturated carbocycles. The normalized spacial score (nSPS) is 14.4. The van der Waals surface area contributed by atoms with E-state index in [4.69, 9.17) is 4.43 Å². The van der Waals surface area contributed by atoms with Crippen LogP contribution in [0.15, 0.2) is 59.1 Å². The lowest BCUT2D eigenvalue weighted by Crippen LogP contribution is -2.50. The van der Waals surface area contributed by atoms with Crippen molar-refractivity contribution in [3.8, 4) is 11.8 Å². The topological polar surface area (TPSA) is 9.23 Å². The van der Waals surface area contributed by atoms with Gasteiger partial charge in [0.25, 0.3) is 0 Å². The minimum absolute atomic E-state index is 0.00506. The molecular formula is C19H18BrF3OSi. The largest absolute Gasteiger partial charge is 0.432 e. The number of hydrogen-bond acceptors (Lipinski definition) is 1. The molecule has 0 aliphatic heterocycles. The Balaban J connectivity index is 2.64. The van der Waals surface area contributed by atoms with Crippen LogP contribution in [0.4, 0.5) is 13.2 Å². The van der Waals surface area contributed by atoms with Crippen molar-refractivity contribution in [3.05, 3.63) is 70.2 Å². The van der Waals surface area contributed by atoms with E-state index in [1.54, 1.807) is 62.1 Å². The first-order valence-electron chi connectivity index (χ1n) is 7.65. The average molecular weight is 427 g/mol. The van der Waals surface area contributed by atoms with Gasteiger partial charge in [-0.3, -0.25) is 0 Å². The summed E-state index contributed by atoms with van der Waals surface area (Å²) >= 11 is 3.30. The highest BCUT2D eigenvalue weighted by Gasteiger charge is 2.58. The zero-order valence-corrected chi connectivity index (χ0v) is 16.7. The van der Waals surface area contributed by atoms with Gasteiger partial charge in [-0.25, -0.2) is 0 Å². The third-order valence-electron chi connectivity index (χ3n) is 3.27. The molecule has 0 aliphatic carbocycles. The van der Waals surface area contributed by atoms with Crippen LogP contribution in [0.3, 0.4) is 0 Å². The van der Waals surface area contributed by atoms with Gasteiger partial charge in [0.15, 0.2) is 8.32 Å². The second-order valence-corrected chi connectivity index (χ2v) is 11.9. The van der Waals surface area contributed by atoms with Crippen molar-refractivity contribution < 1.29 is 17.6 Å². The van der Waals surface area contributed by atoms with Gasteiger partial charge in [-0.05, 0) is 49.8 Å². The first kappa shape index (κ1) is 19.8. The van der Waals surface area contributed by atoms with Crippen LogP contribution in [0.25, 0.3) is 0 Å². The summed E-state index contributed by atoms with van der Waals surface area (Å²) in [4.78, 5) is 0. The first-order chi connectivity index (χ1) is 11.5. The second-order valence-electron chi connectivity index (χ2n) is 6.52. The van der Waals surface area contributed by atoms with Crippen molar-refractivity contribution >= 4 is 24.2 Å². The van der Waals surface area contributed by atoms with Crippen LogP contribution in [0, 0.1) is 11.8 Å². The summed E-state index contributed by atoms with van der Waals surface area (Å²) in [5.41, 5.74) is -2.16. The number of alkyl halides is 3. The highest BCUT2D eigenvalue weighted by atomic mass is 79.9. The number of halogens is 4. The van der Waals surface area contributed by atoms with E-state index in [2.05, 4.69) is 27.8 Å². The number of hydrogen-bond donors (Lipinski definition) is 0. The van der Waals surface area contributed by atoms with Crippen molar-refractivity contribution in [2.45, 2.75) is 31.4 Å². The van der Waals surface area contributed by atoms with Crippen LogP contribution in [0.1, 0.15) is 11.1 Å². The minimum Gasteiger partial charge on any atom is -0.391 e. The molecular weight excluding hydrogens is 409 g/mol. The Labute approximate surface area is 155 Å². The van der Waals surface area contributed by atoms with Gasteiger partial charge in [-0.2, -0.15) is 13.2 Å². The molecule has 0 radical (unpaired) electrons. The molecule has 1 atom stereocenters. The monoisotopic (exact) mass is 426 g/mol. The highest BCUT2D eigenvalue weighted by Crippen LogP contribution is 2.43. The molecule has 0 N–H and O–H groups in total. The Morgan fingerprint density at radius 1 is 0.920 bits per heavy atom. The smallest absolute Gasteiger partial charge is 0.391 e. The summed E-state index contributed by atoms with van der Waals surface area (Å²) < 4.78 is 48.9. The quantitative estimate of drug-likeness (QED) is 0.424. The third-order valence-corrected chi connectivity index (χ3v) is 4.71. The van der Waals surface area contributed by atoms with Crippen LogP contribution in [-0.4, -0.2) is 14.5 Å². The molecule has 0 heterocycles. The van der Waals surface area contributed by atoms with E-state index in [0.717, 1.165) is 4.47 Å². The Kier molecular flexibility index (Phi) is 5.82. The number of benzene rings is 2. The van der Waals surface area contributed by atoms with Crippen molar-refractivity contribution in [1.29, 1.82) is 0 Å². The summed E-state index contributed by atoms with van der Waals surface area (Å²) in [6.07, 6.45) is -4.67. The fourth-order valence-corrected chi connectivity index (χ4v) is 3.74. The molecule has 0 spiro atoms. The van der Waals surface area contributed by atoms with E-state index in [9.17, 15) is 13.2 Å². The Morgan fingerprint density at radius 2 is 1.48 bits per heavy atom. The van der Waals surface area contributed by atoms with E-state index >= 15 is 0 Å². The molecule has 1 nitrogen and oxygen atoms in total. The fourth-order valence-electron chi connectivity index (χ4n) is 2.27. The van der Waals surface area contributed by atoms with Crippen molar-refractivity contribution in [1.82, 2.24) is 0 Å². The van der Waals surface area contributed by atoms with Gasteiger partial charge in [0, 0.05) is 15.6 Å². The van der Waals surface area contributed by atoms with E-state index in [1.165, 1.54) is 12.1 Å². The molecule has 132 valence electrons. The van der Waals surface area contributed by atoms with Gasteiger partial charge in [0.2, 0.25) is 5.60 Å². The average Bonchev–Trinajstić information content (AvgIpc) is 2.51. The molecule has 2 aromatic rings. The molecule has 0 fully saturated rings. The molecule has 25 heavy (non-hydrogen) atoms. The third kappa shape index (κ3) is 4.97.